The van der Waals surface area contributed by atoms with Gasteiger partial charge in [-0.1, -0.05) is 217 Å². The Kier molecular flexibility index (Phi) is 49.5. The van der Waals surface area contributed by atoms with E-state index in [4.69, 9.17) is 18.9 Å². The third-order valence-electron chi connectivity index (χ3n) is 12.6. The van der Waals surface area contributed by atoms with Gasteiger partial charge in [-0.05, 0) is 77.0 Å². The van der Waals surface area contributed by atoms with E-state index in [1.165, 1.54) is 180 Å². The van der Waals surface area contributed by atoms with Crippen LogP contribution in [0.15, 0.2) is 48.6 Å². The number of hydrogen-bond donors (Lipinski definition) is 1. The number of ether oxygens (including phenoxy) is 4. The van der Waals surface area contributed by atoms with Crippen molar-refractivity contribution in [3.63, 3.8) is 0 Å². The maximum Gasteiger partial charge on any atom is 0.361 e. The molecule has 2 unspecified atom stereocenters. The van der Waals surface area contributed by atoms with Gasteiger partial charge in [0.25, 0.3) is 6.29 Å². The van der Waals surface area contributed by atoms with E-state index < -0.39 is 24.3 Å². The lowest BCUT2D eigenvalue weighted by Gasteiger charge is -2.25. The van der Waals surface area contributed by atoms with Crippen LogP contribution in [0, 0.1) is 0 Å². The van der Waals surface area contributed by atoms with Crippen molar-refractivity contribution >= 4 is 17.9 Å². The summed E-state index contributed by atoms with van der Waals surface area (Å²) >= 11 is 0. The average molecular weight is 974 g/mol. The second kappa shape index (κ2) is 51.6. The normalized spacial score (nSPS) is 13.1. The van der Waals surface area contributed by atoms with Gasteiger partial charge in [0.15, 0.2) is 6.10 Å². The maximum absolute atomic E-state index is 12.9. The first-order chi connectivity index (χ1) is 33.6. The zero-order valence-electron chi connectivity index (χ0n) is 45.7. The molecule has 0 amide bonds. The average Bonchev–Trinajstić information content (AvgIpc) is 3.31. The fourth-order valence-electron chi connectivity index (χ4n) is 8.07. The van der Waals surface area contributed by atoms with Gasteiger partial charge in [-0.25, -0.2) is 4.79 Å². The van der Waals surface area contributed by atoms with Gasteiger partial charge in [-0.15, -0.1) is 0 Å². The van der Waals surface area contributed by atoms with Crippen LogP contribution in [0.25, 0.3) is 0 Å². The molecule has 402 valence electrons. The molecule has 0 rings (SSSR count). The summed E-state index contributed by atoms with van der Waals surface area (Å²) < 4.78 is 22.9. The summed E-state index contributed by atoms with van der Waals surface area (Å²) in [7, 11) is 5.97. The van der Waals surface area contributed by atoms with E-state index in [0.29, 0.717) is 17.4 Å². The minimum atomic E-state index is -1.51. The lowest BCUT2D eigenvalue weighted by Crippen LogP contribution is -2.40. The first-order valence-corrected chi connectivity index (χ1v) is 28.8. The molecular formula is C60H110NO8+. The lowest BCUT2D eigenvalue weighted by molar-refractivity contribution is -0.870. The summed E-state index contributed by atoms with van der Waals surface area (Å²) in [6.07, 6.45) is 60.4. The molecule has 9 nitrogen and oxygen atoms in total. The molecule has 0 aliphatic heterocycles. The van der Waals surface area contributed by atoms with E-state index in [1.54, 1.807) is 0 Å². The minimum absolute atomic E-state index is 0.184. The summed E-state index contributed by atoms with van der Waals surface area (Å²) in [5.41, 5.74) is 0. The van der Waals surface area contributed by atoms with E-state index in [-0.39, 0.29) is 32.2 Å². The molecule has 69 heavy (non-hydrogen) atoms. The predicted molar refractivity (Wildman–Crippen MR) is 290 cm³/mol. The summed E-state index contributed by atoms with van der Waals surface area (Å²) in [6.45, 7) is 4.86. The fourth-order valence-corrected chi connectivity index (χ4v) is 8.07. The Morgan fingerprint density at radius 1 is 0.435 bits per heavy atom. The number of unbranched alkanes of at least 4 members (excludes halogenated alkanes) is 30. The van der Waals surface area contributed by atoms with Crippen molar-refractivity contribution in [3.8, 4) is 0 Å². The number of likely N-dealkylation sites (N-methyl/N-ethyl adjacent to an activating group) is 1. The number of carbonyl (C=O) groups is 3. The number of allylic oxidation sites excluding steroid dienone is 8. The molecule has 0 heterocycles. The maximum atomic E-state index is 12.9. The lowest BCUT2D eigenvalue weighted by atomic mass is 10.0. The van der Waals surface area contributed by atoms with Gasteiger partial charge in [0.1, 0.15) is 13.2 Å². The fraction of sp³-hybridized carbons (Fsp3) is 0.817. The molecule has 0 aliphatic carbocycles. The van der Waals surface area contributed by atoms with E-state index in [1.807, 2.05) is 21.1 Å². The van der Waals surface area contributed by atoms with Crippen LogP contribution in [-0.4, -0.2) is 87.4 Å². The Hall–Kier alpha value is -2.75. The van der Waals surface area contributed by atoms with Gasteiger partial charge in [0.05, 0.1) is 34.4 Å². The highest BCUT2D eigenvalue weighted by atomic mass is 16.7. The predicted octanol–water partition coefficient (Wildman–Crippen LogP) is 16.7. The number of nitrogens with zero attached hydrogens (tertiary/aromatic N) is 1. The third kappa shape index (κ3) is 52.9. The number of quaternary nitrogens is 1. The highest BCUT2D eigenvalue weighted by Gasteiger charge is 2.25. The molecule has 1 N–H and O–H groups in total. The van der Waals surface area contributed by atoms with Crippen LogP contribution in [0.5, 0.6) is 0 Å². The second-order valence-corrected chi connectivity index (χ2v) is 20.6. The summed E-state index contributed by atoms with van der Waals surface area (Å²) in [4.78, 5) is 37.4. The van der Waals surface area contributed by atoms with Crippen LogP contribution < -0.4 is 0 Å². The van der Waals surface area contributed by atoms with E-state index in [0.717, 1.165) is 51.4 Å². The summed E-state index contributed by atoms with van der Waals surface area (Å²) in [6, 6.07) is 0. The molecule has 0 aromatic heterocycles. The first kappa shape index (κ1) is 66.2. The van der Waals surface area contributed by atoms with Gasteiger partial charge < -0.3 is 28.5 Å². The summed E-state index contributed by atoms with van der Waals surface area (Å²) in [5, 5.41) is 9.70. The molecule has 0 spiro atoms. The number of rotatable bonds is 53. The quantitative estimate of drug-likeness (QED) is 0.0211. The number of hydrogen-bond acceptors (Lipinski definition) is 7. The first-order valence-electron chi connectivity index (χ1n) is 28.8. The molecule has 2 atom stereocenters. The van der Waals surface area contributed by atoms with Crippen molar-refractivity contribution in [3.05, 3.63) is 48.6 Å². The van der Waals surface area contributed by atoms with Crippen LogP contribution in [-0.2, 0) is 33.3 Å². The van der Waals surface area contributed by atoms with Crippen molar-refractivity contribution < 1.29 is 42.9 Å². The van der Waals surface area contributed by atoms with Gasteiger partial charge in [-0.2, -0.15) is 0 Å². The van der Waals surface area contributed by atoms with Crippen LogP contribution in [0.3, 0.4) is 0 Å². The molecule has 0 aromatic carbocycles. The van der Waals surface area contributed by atoms with E-state index >= 15 is 0 Å². The molecule has 9 heteroatoms. The number of carbonyl (C=O) groups excluding carboxylic acids is 2. The van der Waals surface area contributed by atoms with Crippen molar-refractivity contribution in [2.24, 2.45) is 0 Å². The van der Waals surface area contributed by atoms with Crippen LogP contribution in [0.4, 0.5) is 0 Å². The summed E-state index contributed by atoms with van der Waals surface area (Å²) in [5.74, 6) is -2.00. The molecule has 0 aromatic rings. The molecule has 0 radical (unpaired) electrons. The molecule has 0 fully saturated rings. The van der Waals surface area contributed by atoms with Crippen LogP contribution in [0.2, 0.25) is 0 Å². The minimum Gasteiger partial charge on any atom is -0.477 e. The van der Waals surface area contributed by atoms with E-state index in [2.05, 4.69) is 62.5 Å². The topological polar surface area (TPSA) is 108 Å². The molecule has 0 aliphatic rings. The third-order valence-corrected chi connectivity index (χ3v) is 12.6. The van der Waals surface area contributed by atoms with Crippen molar-refractivity contribution in [2.45, 2.75) is 270 Å². The number of carboxylic acid groups (broad SMARTS) is 1. The zero-order chi connectivity index (χ0) is 50.6. The van der Waals surface area contributed by atoms with Crippen molar-refractivity contribution in [1.82, 2.24) is 0 Å². The molecule has 0 bridgehead atoms. The molecule has 0 saturated heterocycles. The highest BCUT2D eigenvalue weighted by molar-refractivity contribution is 5.71. The Morgan fingerprint density at radius 3 is 1.17 bits per heavy atom. The monoisotopic (exact) mass is 973 g/mol. The standard InChI is InChI=1S/C60H109NO8/c1-6-8-10-12-14-16-18-20-22-24-26-27-28-29-30-31-33-35-37-39-41-43-45-47-49-51-58(63)69-56(55-68-60(59(64)65)66-53-52-61(3,4)5)54-67-57(62)50-48-46-44-42-40-38-36-34-32-25-23-21-19-17-15-13-11-9-7-2/h15,17-18,20-21,23-24,26,56,60H,6-14,16,19,22,25,27-55H2,1-5H3/p+1/b17-15-,20-18-,23-21-,26-24-. The number of aliphatic carboxylic acids is 1. The van der Waals surface area contributed by atoms with Crippen molar-refractivity contribution in [1.29, 1.82) is 0 Å². The Balaban J connectivity index is 4.24. The largest absolute Gasteiger partial charge is 0.477 e. The SMILES string of the molecule is CCCCC/C=C\C/C=C\CCCCCCCCCCCC(=O)OCC(COC(OCC[N+](C)(C)C)C(=O)O)OC(=O)CCCCCCCCCCCCCCC/C=C\C/C=C\CCCCCCC. The van der Waals surface area contributed by atoms with Gasteiger partial charge in [0, 0.05) is 12.8 Å². The van der Waals surface area contributed by atoms with Gasteiger partial charge in [0.2, 0.25) is 0 Å². The number of carboxylic acids is 1. The molecule has 0 saturated carbocycles. The zero-order valence-corrected chi connectivity index (χ0v) is 45.7. The number of esters is 2. The molecular weight excluding hydrogens is 863 g/mol. The van der Waals surface area contributed by atoms with E-state index in [9.17, 15) is 19.5 Å². The van der Waals surface area contributed by atoms with Crippen LogP contribution >= 0.6 is 0 Å². The van der Waals surface area contributed by atoms with Crippen molar-refractivity contribution in [2.75, 3.05) is 47.5 Å². The highest BCUT2D eigenvalue weighted by Crippen LogP contribution is 2.16. The Bertz CT molecular complexity index is 1270. The van der Waals surface area contributed by atoms with Gasteiger partial charge >= 0.3 is 17.9 Å². The Labute approximate surface area is 425 Å². The Morgan fingerprint density at radius 2 is 0.783 bits per heavy atom. The van der Waals surface area contributed by atoms with Gasteiger partial charge in [-0.3, -0.25) is 9.59 Å². The second-order valence-electron chi connectivity index (χ2n) is 20.6. The van der Waals surface area contributed by atoms with Crippen LogP contribution in [0.1, 0.15) is 258 Å². The smallest absolute Gasteiger partial charge is 0.361 e.